The van der Waals surface area contributed by atoms with Gasteiger partial charge in [-0.15, -0.1) is 0 Å². The highest BCUT2D eigenvalue weighted by Crippen LogP contribution is 2.26. The molecule has 1 aliphatic rings. The number of rotatable bonds is 5. The molecule has 4 rings (SSSR count). The number of pyridine rings is 1. The van der Waals surface area contributed by atoms with Crippen molar-refractivity contribution < 1.29 is 4.74 Å². The van der Waals surface area contributed by atoms with Gasteiger partial charge >= 0.3 is 0 Å². The van der Waals surface area contributed by atoms with Gasteiger partial charge in [0.2, 0.25) is 0 Å². The lowest BCUT2D eigenvalue weighted by atomic mass is 10.1. The van der Waals surface area contributed by atoms with Crippen molar-refractivity contribution in [3.05, 3.63) is 42.7 Å². The van der Waals surface area contributed by atoms with Crippen LogP contribution in [0.2, 0.25) is 0 Å². The molecule has 1 fully saturated rings. The fraction of sp³-hybridized carbons (Fsp3) is 0.350. The molecule has 0 amide bonds. The summed E-state index contributed by atoms with van der Waals surface area (Å²) >= 11 is 0. The van der Waals surface area contributed by atoms with Gasteiger partial charge in [0.15, 0.2) is 5.82 Å². The van der Waals surface area contributed by atoms with Crippen molar-refractivity contribution in [1.29, 1.82) is 0 Å². The third kappa shape index (κ3) is 3.99. The van der Waals surface area contributed by atoms with Gasteiger partial charge in [-0.3, -0.25) is 4.98 Å². The van der Waals surface area contributed by atoms with Crippen LogP contribution in [0.15, 0.2) is 42.7 Å². The molecule has 0 saturated carbocycles. The van der Waals surface area contributed by atoms with Gasteiger partial charge in [0.05, 0.1) is 23.9 Å². The number of benzene rings is 1. The van der Waals surface area contributed by atoms with Crippen molar-refractivity contribution in [3.8, 4) is 11.3 Å². The lowest BCUT2D eigenvalue weighted by Gasteiger charge is -2.24. The van der Waals surface area contributed by atoms with Gasteiger partial charge in [0.1, 0.15) is 5.52 Å². The van der Waals surface area contributed by atoms with Crippen LogP contribution in [-0.4, -0.2) is 61.4 Å². The van der Waals surface area contributed by atoms with Gasteiger partial charge in [-0.05, 0) is 18.2 Å². The second kappa shape index (κ2) is 7.85. The summed E-state index contributed by atoms with van der Waals surface area (Å²) in [7, 11) is 4.06. The van der Waals surface area contributed by atoms with Gasteiger partial charge in [0, 0.05) is 57.4 Å². The van der Waals surface area contributed by atoms with E-state index in [4.69, 9.17) is 9.72 Å². The summed E-state index contributed by atoms with van der Waals surface area (Å²) in [6.07, 6.45) is 3.52. The van der Waals surface area contributed by atoms with E-state index in [9.17, 15) is 0 Å². The van der Waals surface area contributed by atoms with E-state index >= 15 is 0 Å². The molecule has 3 aromatic rings. The molecule has 140 valence electrons. The highest BCUT2D eigenvalue weighted by Gasteiger charge is 2.15. The van der Waals surface area contributed by atoms with Gasteiger partial charge in [0.25, 0.3) is 0 Å². The van der Waals surface area contributed by atoms with Crippen molar-refractivity contribution in [2.75, 3.05) is 50.6 Å². The lowest BCUT2D eigenvalue weighted by Crippen LogP contribution is -2.42. The highest BCUT2D eigenvalue weighted by atomic mass is 16.5. The predicted molar refractivity (Wildman–Crippen MR) is 108 cm³/mol. The number of ether oxygens (including phenoxy) is 1. The van der Waals surface area contributed by atoms with E-state index in [1.165, 1.54) is 0 Å². The molecule has 1 unspecified atom stereocenters. The summed E-state index contributed by atoms with van der Waals surface area (Å²) in [5, 5.41) is 6.75. The van der Waals surface area contributed by atoms with Crippen molar-refractivity contribution in [1.82, 2.24) is 20.3 Å². The van der Waals surface area contributed by atoms with Crippen molar-refractivity contribution in [2.45, 2.75) is 6.10 Å². The first-order valence-electron chi connectivity index (χ1n) is 9.16. The summed E-state index contributed by atoms with van der Waals surface area (Å²) in [6.45, 7) is 3.15. The monoisotopic (exact) mass is 364 g/mol. The molecule has 0 radical (unpaired) electrons. The topological polar surface area (TPSA) is 75.2 Å². The van der Waals surface area contributed by atoms with E-state index in [0.717, 1.165) is 53.5 Å². The molecular formula is C20H24N6O. The van der Waals surface area contributed by atoms with Crippen LogP contribution in [0.4, 0.5) is 11.5 Å². The Morgan fingerprint density at radius 1 is 1.19 bits per heavy atom. The third-order valence-electron chi connectivity index (χ3n) is 4.64. The van der Waals surface area contributed by atoms with E-state index in [2.05, 4.69) is 49.8 Å². The maximum absolute atomic E-state index is 5.77. The average molecular weight is 364 g/mol. The van der Waals surface area contributed by atoms with E-state index in [1.807, 2.05) is 20.2 Å². The van der Waals surface area contributed by atoms with E-state index in [1.54, 1.807) is 12.4 Å². The smallest absolute Gasteiger partial charge is 0.154 e. The first kappa shape index (κ1) is 17.6. The number of fused-ring (bicyclic) bond motifs is 1. The molecule has 0 spiro atoms. The number of nitrogens with one attached hydrogen (secondary N) is 2. The second-order valence-corrected chi connectivity index (χ2v) is 6.80. The summed E-state index contributed by atoms with van der Waals surface area (Å²) in [5.74, 6) is 0.737. The fourth-order valence-electron chi connectivity index (χ4n) is 3.13. The minimum absolute atomic E-state index is 0.121. The van der Waals surface area contributed by atoms with Crippen LogP contribution in [0.25, 0.3) is 22.3 Å². The van der Waals surface area contributed by atoms with Crippen LogP contribution in [0.3, 0.4) is 0 Å². The Morgan fingerprint density at radius 2 is 2.00 bits per heavy atom. The first-order chi connectivity index (χ1) is 13.2. The quantitative estimate of drug-likeness (QED) is 0.718. The normalized spacial score (nSPS) is 17.0. The van der Waals surface area contributed by atoms with Crippen molar-refractivity contribution in [3.63, 3.8) is 0 Å². The number of hydrogen-bond donors (Lipinski definition) is 2. The van der Waals surface area contributed by atoms with Gasteiger partial charge in [-0.2, -0.15) is 0 Å². The molecule has 0 aliphatic carbocycles. The van der Waals surface area contributed by atoms with Crippen LogP contribution in [-0.2, 0) is 4.74 Å². The lowest BCUT2D eigenvalue weighted by molar-refractivity contribution is 0.0372. The van der Waals surface area contributed by atoms with Gasteiger partial charge < -0.3 is 20.3 Å². The SMILES string of the molecule is CN(C)c1ccc(-c2cc3nccnc3c(NCC3CNCCO3)n2)cc1. The Balaban J connectivity index is 1.65. The largest absolute Gasteiger partial charge is 0.378 e. The molecular weight excluding hydrogens is 340 g/mol. The van der Waals surface area contributed by atoms with Gasteiger partial charge in [-0.25, -0.2) is 9.97 Å². The summed E-state index contributed by atoms with van der Waals surface area (Å²) < 4.78 is 5.77. The Labute approximate surface area is 158 Å². The maximum Gasteiger partial charge on any atom is 0.154 e. The fourth-order valence-corrected chi connectivity index (χ4v) is 3.13. The van der Waals surface area contributed by atoms with E-state index in [-0.39, 0.29) is 6.10 Å². The first-order valence-corrected chi connectivity index (χ1v) is 9.16. The summed E-state index contributed by atoms with van der Waals surface area (Å²) in [5.41, 5.74) is 4.67. The van der Waals surface area contributed by atoms with Crippen LogP contribution in [0.1, 0.15) is 0 Å². The highest BCUT2D eigenvalue weighted by molar-refractivity contribution is 5.88. The zero-order valence-electron chi connectivity index (χ0n) is 15.6. The Kier molecular flexibility index (Phi) is 5.13. The predicted octanol–water partition coefficient (Wildman–Crippen LogP) is 2.16. The molecule has 1 atom stereocenters. The second-order valence-electron chi connectivity index (χ2n) is 6.80. The molecule has 7 heteroatoms. The van der Waals surface area contributed by atoms with Crippen LogP contribution in [0.5, 0.6) is 0 Å². The minimum atomic E-state index is 0.121. The number of hydrogen-bond acceptors (Lipinski definition) is 7. The molecule has 2 aromatic heterocycles. The van der Waals surface area contributed by atoms with Gasteiger partial charge in [-0.1, -0.05) is 12.1 Å². The third-order valence-corrected chi connectivity index (χ3v) is 4.64. The van der Waals surface area contributed by atoms with Crippen LogP contribution >= 0.6 is 0 Å². The van der Waals surface area contributed by atoms with Crippen molar-refractivity contribution >= 4 is 22.5 Å². The minimum Gasteiger partial charge on any atom is -0.378 e. The van der Waals surface area contributed by atoms with Crippen molar-refractivity contribution in [2.24, 2.45) is 0 Å². The summed E-state index contributed by atoms with van der Waals surface area (Å²) in [6, 6.07) is 10.3. The Morgan fingerprint density at radius 3 is 2.74 bits per heavy atom. The number of nitrogens with zero attached hydrogens (tertiary/aromatic N) is 4. The molecule has 7 nitrogen and oxygen atoms in total. The average Bonchev–Trinajstić information content (AvgIpc) is 2.72. The number of aromatic nitrogens is 3. The van der Waals surface area contributed by atoms with Crippen LogP contribution in [0, 0.1) is 0 Å². The standard InChI is InChI=1S/C20H24N6O/c1-26(2)15-5-3-14(4-6-15)17-11-18-19(23-8-7-22-18)20(25-17)24-13-16-12-21-9-10-27-16/h3-8,11,16,21H,9-10,12-13H2,1-2H3,(H,24,25). The number of anilines is 2. The molecule has 1 aliphatic heterocycles. The zero-order valence-corrected chi connectivity index (χ0v) is 15.6. The molecule has 0 bridgehead atoms. The summed E-state index contributed by atoms with van der Waals surface area (Å²) in [4.78, 5) is 15.8. The van der Waals surface area contributed by atoms with E-state index in [0.29, 0.717) is 6.54 Å². The molecule has 1 saturated heterocycles. The van der Waals surface area contributed by atoms with Crippen LogP contribution < -0.4 is 15.5 Å². The number of morpholine rings is 1. The Bertz CT molecular complexity index is 906. The Hall–Kier alpha value is -2.77. The molecule has 27 heavy (non-hydrogen) atoms. The molecule has 3 heterocycles. The maximum atomic E-state index is 5.77. The zero-order chi connectivity index (χ0) is 18.6. The molecule has 2 N–H and O–H groups in total. The van der Waals surface area contributed by atoms with E-state index < -0.39 is 0 Å². The molecule has 1 aromatic carbocycles.